The van der Waals surface area contributed by atoms with Crippen LogP contribution < -0.4 is 5.32 Å². The van der Waals surface area contributed by atoms with Crippen molar-refractivity contribution in [3.63, 3.8) is 0 Å². The molecule has 1 N–H and O–H groups in total. The van der Waals surface area contributed by atoms with Crippen LogP contribution in [0.15, 0.2) is 41.6 Å². The molecule has 1 aromatic heterocycles. The minimum atomic E-state index is 0.0607. The van der Waals surface area contributed by atoms with Gasteiger partial charge in [0.25, 0.3) is 5.91 Å². The molecular weight excluding hydrogens is 354 g/mol. The van der Waals surface area contributed by atoms with Crippen molar-refractivity contribution in [3.05, 3.63) is 42.1 Å². The fourth-order valence-electron chi connectivity index (χ4n) is 5.91. The van der Waals surface area contributed by atoms with Gasteiger partial charge in [-0.2, -0.15) is 5.10 Å². The van der Waals surface area contributed by atoms with Crippen LogP contribution in [-0.4, -0.2) is 27.5 Å². The Bertz CT molecular complexity index is 803. The van der Waals surface area contributed by atoms with Gasteiger partial charge >= 0.3 is 0 Å². The van der Waals surface area contributed by atoms with E-state index in [4.69, 9.17) is 0 Å². The van der Waals surface area contributed by atoms with Crippen LogP contribution in [0.2, 0.25) is 0 Å². The molecule has 0 saturated heterocycles. The van der Waals surface area contributed by atoms with Gasteiger partial charge in [0.15, 0.2) is 0 Å². The second-order valence-electron chi connectivity index (χ2n) is 8.47. The first-order chi connectivity index (χ1) is 13.2. The Kier molecular flexibility index (Phi) is 4.50. The SMILES string of the molecule is CCSc1c(C(=O)NC2C3CC4CC(C3)CC2C4)cnn1-c1ccccc1. The van der Waals surface area contributed by atoms with E-state index in [0.29, 0.717) is 17.9 Å². The summed E-state index contributed by atoms with van der Waals surface area (Å²) in [6, 6.07) is 10.4. The average molecular weight is 382 g/mol. The first-order valence-corrected chi connectivity index (χ1v) is 11.3. The third-order valence-electron chi connectivity index (χ3n) is 6.78. The number of hydrogen-bond acceptors (Lipinski definition) is 3. The summed E-state index contributed by atoms with van der Waals surface area (Å²) in [4.78, 5) is 13.2. The molecule has 0 unspecified atom stereocenters. The van der Waals surface area contributed by atoms with E-state index in [0.717, 1.165) is 33.9 Å². The van der Waals surface area contributed by atoms with Gasteiger partial charge in [-0.1, -0.05) is 25.1 Å². The molecule has 6 rings (SSSR count). The Morgan fingerprint density at radius 3 is 2.41 bits per heavy atom. The number of nitrogens with one attached hydrogen (secondary N) is 1. The summed E-state index contributed by atoms with van der Waals surface area (Å²) in [5.41, 5.74) is 1.72. The lowest BCUT2D eigenvalue weighted by molar-refractivity contribution is -0.0120. The molecule has 142 valence electrons. The molecule has 1 amide bonds. The van der Waals surface area contributed by atoms with Crippen molar-refractivity contribution in [2.75, 3.05) is 5.75 Å². The zero-order valence-corrected chi connectivity index (χ0v) is 16.6. The van der Waals surface area contributed by atoms with Crippen LogP contribution in [0, 0.1) is 23.7 Å². The highest BCUT2D eigenvalue weighted by molar-refractivity contribution is 7.99. The first kappa shape index (κ1) is 17.4. The van der Waals surface area contributed by atoms with Crippen LogP contribution in [0.1, 0.15) is 49.4 Å². The Labute approximate surface area is 165 Å². The van der Waals surface area contributed by atoms with E-state index in [1.807, 2.05) is 35.0 Å². The minimum Gasteiger partial charge on any atom is -0.349 e. The van der Waals surface area contributed by atoms with Crippen molar-refractivity contribution in [1.29, 1.82) is 0 Å². The fraction of sp³-hybridized carbons (Fsp3) is 0.545. The summed E-state index contributed by atoms with van der Waals surface area (Å²) < 4.78 is 1.90. The lowest BCUT2D eigenvalue weighted by Crippen LogP contribution is -2.55. The topological polar surface area (TPSA) is 46.9 Å². The van der Waals surface area contributed by atoms with E-state index in [1.54, 1.807) is 18.0 Å². The Morgan fingerprint density at radius 1 is 1.11 bits per heavy atom. The van der Waals surface area contributed by atoms with Crippen LogP contribution in [-0.2, 0) is 0 Å². The zero-order valence-electron chi connectivity index (χ0n) is 15.8. The summed E-state index contributed by atoms with van der Waals surface area (Å²) in [5.74, 6) is 4.20. The van der Waals surface area contributed by atoms with Crippen LogP contribution in [0.5, 0.6) is 0 Å². The number of rotatable bonds is 5. The summed E-state index contributed by atoms with van der Waals surface area (Å²) in [5, 5.41) is 8.93. The molecule has 0 atom stereocenters. The van der Waals surface area contributed by atoms with Gasteiger partial charge in [0, 0.05) is 6.04 Å². The van der Waals surface area contributed by atoms with Gasteiger partial charge in [0.05, 0.1) is 17.4 Å². The monoisotopic (exact) mass is 381 g/mol. The second-order valence-corrected chi connectivity index (χ2v) is 9.73. The van der Waals surface area contributed by atoms with Crippen molar-refractivity contribution >= 4 is 17.7 Å². The van der Waals surface area contributed by atoms with Crippen LogP contribution in [0.3, 0.4) is 0 Å². The molecule has 4 aliphatic rings. The van der Waals surface area contributed by atoms with Gasteiger partial charge < -0.3 is 5.32 Å². The standard InChI is InChI=1S/C22H27N3OS/c1-2-27-22-19(13-23-25(22)18-6-4-3-5-7-18)21(26)24-20-16-9-14-8-15(11-16)12-17(20)10-14/h3-7,13-17,20H,2,8-12H2,1H3,(H,24,26). The molecule has 5 heteroatoms. The summed E-state index contributed by atoms with van der Waals surface area (Å²) >= 11 is 1.69. The maximum absolute atomic E-state index is 13.2. The van der Waals surface area contributed by atoms with E-state index >= 15 is 0 Å². The lowest BCUT2D eigenvalue weighted by atomic mass is 9.54. The number of benzene rings is 1. The highest BCUT2D eigenvalue weighted by Crippen LogP contribution is 2.53. The predicted molar refractivity (Wildman–Crippen MR) is 108 cm³/mol. The van der Waals surface area contributed by atoms with Crippen molar-refractivity contribution < 1.29 is 4.79 Å². The first-order valence-electron chi connectivity index (χ1n) is 10.3. The van der Waals surface area contributed by atoms with Crippen molar-refractivity contribution in [1.82, 2.24) is 15.1 Å². The molecule has 1 aromatic carbocycles. The summed E-state index contributed by atoms with van der Waals surface area (Å²) in [7, 11) is 0. The van der Waals surface area contributed by atoms with E-state index < -0.39 is 0 Å². The number of nitrogens with zero attached hydrogens (tertiary/aromatic N) is 2. The van der Waals surface area contributed by atoms with E-state index in [9.17, 15) is 4.79 Å². The van der Waals surface area contributed by atoms with Crippen LogP contribution in [0.25, 0.3) is 5.69 Å². The van der Waals surface area contributed by atoms with Gasteiger partial charge in [0.1, 0.15) is 5.03 Å². The third-order valence-corrected chi connectivity index (χ3v) is 7.73. The average Bonchev–Trinajstić information content (AvgIpc) is 3.09. The van der Waals surface area contributed by atoms with E-state index in [-0.39, 0.29) is 5.91 Å². The highest BCUT2D eigenvalue weighted by atomic mass is 32.2. The fourth-order valence-corrected chi connectivity index (χ4v) is 6.76. The van der Waals surface area contributed by atoms with Gasteiger partial charge in [-0.15, -0.1) is 11.8 Å². The number of aromatic nitrogens is 2. The van der Waals surface area contributed by atoms with Crippen LogP contribution >= 0.6 is 11.8 Å². The summed E-state index contributed by atoms with van der Waals surface area (Å²) in [6.45, 7) is 2.12. The largest absolute Gasteiger partial charge is 0.349 e. The van der Waals surface area contributed by atoms with Crippen molar-refractivity contribution in [2.24, 2.45) is 23.7 Å². The van der Waals surface area contributed by atoms with Gasteiger partial charge in [-0.05, 0) is 73.7 Å². The number of carbonyl (C=O) groups excluding carboxylic acids is 1. The number of thioether (sulfide) groups is 1. The maximum Gasteiger partial charge on any atom is 0.255 e. The third kappa shape index (κ3) is 3.10. The quantitative estimate of drug-likeness (QED) is 0.774. The second kappa shape index (κ2) is 7.01. The molecule has 0 aliphatic heterocycles. The number of amides is 1. The highest BCUT2D eigenvalue weighted by Gasteiger charge is 2.48. The predicted octanol–water partition coefficient (Wildman–Crippen LogP) is 4.54. The van der Waals surface area contributed by atoms with Crippen LogP contribution in [0.4, 0.5) is 0 Å². The Hall–Kier alpha value is -1.75. The Balaban J connectivity index is 1.40. The smallest absolute Gasteiger partial charge is 0.255 e. The molecule has 4 aliphatic carbocycles. The molecule has 4 nitrogen and oxygen atoms in total. The number of para-hydroxylation sites is 1. The molecule has 0 radical (unpaired) electrons. The van der Waals surface area contributed by atoms with Gasteiger partial charge in [-0.25, -0.2) is 4.68 Å². The Morgan fingerprint density at radius 2 is 1.78 bits per heavy atom. The van der Waals surface area contributed by atoms with E-state index in [2.05, 4.69) is 17.3 Å². The van der Waals surface area contributed by atoms with Gasteiger partial charge in [0.2, 0.25) is 0 Å². The van der Waals surface area contributed by atoms with Gasteiger partial charge in [-0.3, -0.25) is 4.79 Å². The normalized spacial score (nSPS) is 31.2. The molecule has 1 heterocycles. The molecule has 0 spiro atoms. The molecule has 4 fully saturated rings. The minimum absolute atomic E-state index is 0.0607. The molecular formula is C22H27N3OS. The number of carbonyl (C=O) groups is 1. The lowest BCUT2D eigenvalue weighted by Gasteiger charge is -2.54. The summed E-state index contributed by atoms with van der Waals surface area (Å²) in [6.07, 6.45) is 8.45. The van der Waals surface area contributed by atoms with Crippen molar-refractivity contribution in [3.8, 4) is 5.69 Å². The van der Waals surface area contributed by atoms with Crippen molar-refractivity contribution in [2.45, 2.75) is 50.1 Å². The maximum atomic E-state index is 13.2. The van der Waals surface area contributed by atoms with E-state index in [1.165, 1.54) is 32.1 Å². The molecule has 4 saturated carbocycles. The molecule has 2 aromatic rings. The number of hydrogen-bond donors (Lipinski definition) is 1. The zero-order chi connectivity index (χ0) is 18.4. The molecule has 4 bridgehead atoms. The molecule has 27 heavy (non-hydrogen) atoms.